The number of hydrogen-bond acceptors (Lipinski definition) is 7. The molecule has 84 valence electrons. The number of aromatic nitrogens is 3. The summed E-state index contributed by atoms with van der Waals surface area (Å²) in [6.07, 6.45) is 2.69. The largest absolute Gasteiger partial charge is 0.398 e. The van der Waals surface area contributed by atoms with Gasteiger partial charge in [0.2, 0.25) is 0 Å². The number of nitrogens with zero attached hydrogens (tertiary/aromatic N) is 3. The first-order valence-electron chi connectivity index (χ1n) is 4.08. The maximum atomic E-state index is 11.8. The molecule has 0 aliphatic heterocycles. The Kier molecular flexibility index (Phi) is 2.71. The van der Waals surface area contributed by atoms with Gasteiger partial charge < -0.3 is 5.73 Å². The molecule has 2 rings (SSSR count). The average molecular weight is 257 g/mol. The van der Waals surface area contributed by atoms with E-state index in [-0.39, 0.29) is 10.2 Å². The summed E-state index contributed by atoms with van der Waals surface area (Å²) in [5, 5.41) is 8.57. The molecular formula is C7H7N5O2S2. The summed E-state index contributed by atoms with van der Waals surface area (Å²) < 4.78 is 25.8. The van der Waals surface area contributed by atoms with Crippen molar-refractivity contribution in [3.05, 3.63) is 23.8 Å². The summed E-state index contributed by atoms with van der Waals surface area (Å²) in [5.41, 5.74) is 5.84. The molecule has 16 heavy (non-hydrogen) atoms. The number of sulfonamides is 1. The zero-order chi connectivity index (χ0) is 11.6. The summed E-state index contributed by atoms with van der Waals surface area (Å²) in [6.45, 7) is 0. The monoisotopic (exact) mass is 257 g/mol. The second-order valence-electron chi connectivity index (χ2n) is 2.77. The van der Waals surface area contributed by atoms with Crippen molar-refractivity contribution in [2.45, 2.75) is 4.21 Å². The Hall–Kier alpha value is -1.74. The van der Waals surface area contributed by atoms with Gasteiger partial charge in [-0.2, -0.15) is 5.10 Å². The van der Waals surface area contributed by atoms with Crippen molar-refractivity contribution in [1.82, 2.24) is 15.2 Å². The second kappa shape index (κ2) is 4.02. The molecule has 0 saturated heterocycles. The molecule has 3 N–H and O–H groups in total. The van der Waals surface area contributed by atoms with Crippen LogP contribution in [0.2, 0.25) is 0 Å². The number of nitrogen functional groups attached to an aromatic ring is 1. The zero-order valence-corrected chi connectivity index (χ0v) is 9.49. The fraction of sp³-hybridized carbons (Fsp3) is 0. The summed E-state index contributed by atoms with van der Waals surface area (Å²) in [7, 11) is -3.67. The van der Waals surface area contributed by atoms with E-state index in [9.17, 15) is 8.42 Å². The Morgan fingerprint density at radius 1 is 1.38 bits per heavy atom. The third kappa shape index (κ3) is 2.25. The average Bonchev–Trinajstić information content (AvgIpc) is 2.66. The maximum Gasteiger partial charge on any atom is 0.273 e. The van der Waals surface area contributed by atoms with Gasteiger partial charge in [0.05, 0.1) is 12.4 Å². The number of thiophene rings is 1. The maximum absolute atomic E-state index is 11.8. The minimum absolute atomic E-state index is 0.0746. The van der Waals surface area contributed by atoms with Crippen molar-refractivity contribution in [3.8, 4) is 0 Å². The van der Waals surface area contributed by atoms with Gasteiger partial charge in [-0.05, 0) is 6.07 Å². The van der Waals surface area contributed by atoms with Gasteiger partial charge in [-0.25, -0.2) is 18.1 Å². The highest BCUT2D eigenvalue weighted by Crippen LogP contribution is 2.22. The molecule has 0 spiro atoms. The SMILES string of the molecule is Nc1csc(S(=O)(=O)Nc2nccnn2)c1. The van der Waals surface area contributed by atoms with Gasteiger partial charge in [0.1, 0.15) is 4.21 Å². The van der Waals surface area contributed by atoms with Gasteiger partial charge in [0.15, 0.2) is 0 Å². The number of rotatable bonds is 3. The predicted molar refractivity (Wildman–Crippen MR) is 59.4 cm³/mol. The topological polar surface area (TPSA) is 111 Å². The van der Waals surface area contributed by atoms with Crippen LogP contribution in [0.3, 0.4) is 0 Å². The molecule has 0 bridgehead atoms. The molecule has 0 aliphatic rings. The van der Waals surface area contributed by atoms with Gasteiger partial charge in [-0.1, -0.05) is 0 Å². The lowest BCUT2D eigenvalue weighted by atomic mass is 10.6. The normalized spacial score (nSPS) is 11.2. The Morgan fingerprint density at radius 2 is 2.19 bits per heavy atom. The molecule has 0 aliphatic carbocycles. The van der Waals surface area contributed by atoms with Gasteiger partial charge in [-0.3, -0.25) is 0 Å². The summed E-state index contributed by atoms with van der Waals surface area (Å²) >= 11 is 1.02. The van der Waals surface area contributed by atoms with E-state index in [2.05, 4.69) is 19.9 Å². The molecule has 0 unspecified atom stereocenters. The summed E-state index contributed by atoms with van der Waals surface area (Å²) in [5.74, 6) is -0.0746. The van der Waals surface area contributed by atoms with Crippen LogP contribution in [0.5, 0.6) is 0 Å². The molecule has 0 saturated carbocycles. The minimum atomic E-state index is -3.67. The third-order valence-corrected chi connectivity index (χ3v) is 4.35. The number of anilines is 2. The molecule has 7 nitrogen and oxygen atoms in total. The van der Waals surface area contributed by atoms with Crippen LogP contribution < -0.4 is 10.5 Å². The van der Waals surface area contributed by atoms with Crippen molar-refractivity contribution >= 4 is 33.0 Å². The van der Waals surface area contributed by atoms with E-state index in [4.69, 9.17) is 5.73 Å². The van der Waals surface area contributed by atoms with E-state index in [0.717, 1.165) is 11.3 Å². The van der Waals surface area contributed by atoms with Crippen LogP contribution in [0.25, 0.3) is 0 Å². The first kappa shape index (κ1) is 10.8. The van der Waals surface area contributed by atoms with Crippen molar-refractivity contribution in [3.63, 3.8) is 0 Å². The van der Waals surface area contributed by atoms with E-state index in [1.165, 1.54) is 18.5 Å². The van der Waals surface area contributed by atoms with Crippen molar-refractivity contribution in [1.29, 1.82) is 0 Å². The van der Waals surface area contributed by atoms with Crippen molar-refractivity contribution in [2.24, 2.45) is 0 Å². The minimum Gasteiger partial charge on any atom is -0.398 e. The molecule has 0 aromatic carbocycles. The van der Waals surface area contributed by atoms with Gasteiger partial charge in [0, 0.05) is 11.1 Å². The fourth-order valence-corrected chi connectivity index (χ4v) is 2.96. The Bertz CT molecular complexity index is 580. The van der Waals surface area contributed by atoms with Crippen LogP contribution in [0, 0.1) is 0 Å². The van der Waals surface area contributed by atoms with E-state index < -0.39 is 10.0 Å². The molecular weight excluding hydrogens is 250 g/mol. The van der Waals surface area contributed by atoms with Crippen LogP contribution in [0.1, 0.15) is 0 Å². The van der Waals surface area contributed by atoms with E-state index in [1.807, 2.05) is 0 Å². The summed E-state index contributed by atoms with van der Waals surface area (Å²) in [6, 6.07) is 1.36. The lowest BCUT2D eigenvalue weighted by Gasteiger charge is -2.02. The smallest absolute Gasteiger partial charge is 0.273 e. The van der Waals surface area contributed by atoms with Gasteiger partial charge >= 0.3 is 0 Å². The Balaban J connectivity index is 2.28. The first-order chi connectivity index (χ1) is 7.58. The lowest BCUT2D eigenvalue weighted by molar-refractivity contribution is 0.602. The number of hydrogen-bond donors (Lipinski definition) is 2. The number of nitrogens with one attached hydrogen (secondary N) is 1. The Morgan fingerprint density at radius 3 is 2.75 bits per heavy atom. The molecule has 2 heterocycles. The molecule has 0 fully saturated rings. The highest BCUT2D eigenvalue weighted by Gasteiger charge is 2.17. The van der Waals surface area contributed by atoms with E-state index >= 15 is 0 Å². The molecule has 0 radical (unpaired) electrons. The van der Waals surface area contributed by atoms with Crippen LogP contribution in [-0.4, -0.2) is 23.6 Å². The van der Waals surface area contributed by atoms with E-state index in [0.29, 0.717) is 5.69 Å². The quantitative estimate of drug-likeness (QED) is 0.819. The first-order valence-corrected chi connectivity index (χ1v) is 6.45. The highest BCUT2D eigenvalue weighted by atomic mass is 32.2. The fourth-order valence-electron chi connectivity index (χ4n) is 0.936. The molecule has 0 amide bonds. The highest BCUT2D eigenvalue weighted by molar-refractivity contribution is 7.94. The van der Waals surface area contributed by atoms with Crippen molar-refractivity contribution < 1.29 is 8.42 Å². The molecule has 2 aromatic rings. The standard InChI is InChI=1S/C7H7N5O2S2/c8-5-3-6(15-4-5)16(13,14)12-7-9-1-2-10-11-7/h1-4H,8H2,(H,9,11,12). The van der Waals surface area contributed by atoms with Crippen LogP contribution in [0.4, 0.5) is 11.6 Å². The lowest BCUT2D eigenvalue weighted by Crippen LogP contribution is -2.14. The number of nitrogens with two attached hydrogens (primary N) is 1. The van der Waals surface area contributed by atoms with E-state index in [1.54, 1.807) is 5.38 Å². The Labute approximate surface area is 95.4 Å². The van der Waals surface area contributed by atoms with Gasteiger partial charge in [0.25, 0.3) is 16.0 Å². The van der Waals surface area contributed by atoms with Crippen LogP contribution in [0.15, 0.2) is 28.0 Å². The molecule has 9 heteroatoms. The van der Waals surface area contributed by atoms with Crippen LogP contribution in [-0.2, 0) is 10.0 Å². The molecule has 0 atom stereocenters. The predicted octanol–water partition coefficient (Wildman–Crippen LogP) is 0.316. The van der Waals surface area contributed by atoms with Crippen molar-refractivity contribution in [2.75, 3.05) is 10.5 Å². The zero-order valence-electron chi connectivity index (χ0n) is 7.86. The molecule has 2 aromatic heterocycles. The second-order valence-corrected chi connectivity index (χ2v) is 5.59. The summed E-state index contributed by atoms with van der Waals surface area (Å²) in [4.78, 5) is 3.71. The third-order valence-electron chi connectivity index (χ3n) is 1.57. The van der Waals surface area contributed by atoms with Gasteiger partial charge in [-0.15, -0.1) is 16.4 Å². The van der Waals surface area contributed by atoms with Crippen LogP contribution >= 0.6 is 11.3 Å².